The molecule has 1 heterocycles. The first-order valence-corrected chi connectivity index (χ1v) is 7.69. The van der Waals surface area contributed by atoms with Crippen LogP contribution in [0.4, 0.5) is 11.8 Å². The van der Waals surface area contributed by atoms with E-state index in [0.717, 1.165) is 6.42 Å². The SMILES string of the molecule is C=C(/C=C(Cl)\C=C(/C)Cl)Nc1ncc(Cl)c(NCCCN)n1. The minimum atomic E-state index is 0.358. The summed E-state index contributed by atoms with van der Waals surface area (Å²) < 4.78 is 0. The Balaban J connectivity index is 2.75. The van der Waals surface area contributed by atoms with Crippen LogP contribution in [-0.2, 0) is 0 Å². The van der Waals surface area contributed by atoms with E-state index in [-0.39, 0.29) is 0 Å². The van der Waals surface area contributed by atoms with E-state index in [1.54, 1.807) is 19.1 Å². The van der Waals surface area contributed by atoms with Gasteiger partial charge in [0.15, 0.2) is 0 Å². The fourth-order valence-corrected chi connectivity index (χ4v) is 2.06. The largest absolute Gasteiger partial charge is 0.369 e. The molecule has 1 aromatic heterocycles. The van der Waals surface area contributed by atoms with Crippen LogP contribution in [0.2, 0.25) is 5.02 Å². The number of aromatic nitrogens is 2. The van der Waals surface area contributed by atoms with Gasteiger partial charge in [0.25, 0.3) is 0 Å². The summed E-state index contributed by atoms with van der Waals surface area (Å²) in [5.41, 5.74) is 5.97. The van der Waals surface area contributed by atoms with Crippen LogP contribution in [0.25, 0.3) is 0 Å². The Labute approximate surface area is 145 Å². The number of hydrogen-bond donors (Lipinski definition) is 3. The molecule has 0 unspecified atom stereocenters. The van der Waals surface area contributed by atoms with Crippen molar-refractivity contribution in [1.29, 1.82) is 0 Å². The van der Waals surface area contributed by atoms with E-state index in [2.05, 4.69) is 27.2 Å². The molecule has 22 heavy (non-hydrogen) atoms. The Kier molecular flexibility index (Phi) is 8.27. The lowest BCUT2D eigenvalue weighted by Crippen LogP contribution is -2.11. The van der Waals surface area contributed by atoms with Crippen molar-refractivity contribution in [2.75, 3.05) is 23.7 Å². The minimum Gasteiger partial charge on any atom is -0.369 e. The monoisotopic (exact) mass is 361 g/mol. The Morgan fingerprint density at radius 1 is 1.41 bits per heavy atom. The zero-order valence-corrected chi connectivity index (χ0v) is 14.4. The lowest BCUT2D eigenvalue weighted by molar-refractivity contribution is 0.869. The first-order chi connectivity index (χ1) is 10.4. The summed E-state index contributed by atoms with van der Waals surface area (Å²) in [7, 11) is 0. The second-order valence-electron chi connectivity index (χ2n) is 4.37. The molecule has 1 rings (SSSR count). The maximum absolute atomic E-state index is 6.03. The maximum atomic E-state index is 6.03. The molecule has 1 aromatic rings. The molecule has 0 aliphatic carbocycles. The molecule has 4 N–H and O–H groups in total. The van der Waals surface area contributed by atoms with E-state index in [1.165, 1.54) is 6.20 Å². The van der Waals surface area contributed by atoms with Crippen LogP contribution in [0.15, 0.2) is 40.7 Å². The van der Waals surface area contributed by atoms with E-state index >= 15 is 0 Å². The van der Waals surface area contributed by atoms with Gasteiger partial charge in [-0.05, 0) is 32.0 Å². The summed E-state index contributed by atoms with van der Waals surface area (Å²) in [6.07, 6.45) is 5.55. The van der Waals surface area contributed by atoms with Gasteiger partial charge in [0.05, 0.1) is 6.20 Å². The number of nitrogens with one attached hydrogen (secondary N) is 2. The van der Waals surface area contributed by atoms with Gasteiger partial charge in [-0.25, -0.2) is 4.98 Å². The highest BCUT2D eigenvalue weighted by molar-refractivity contribution is 6.34. The van der Waals surface area contributed by atoms with Crippen LogP contribution in [0.3, 0.4) is 0 Å². The molecule has 0 atom stereocenters. The number of hydrogen-bond acceptors (Lipinski definition) is 5. The molecule has 0 saturated carbocycles. The fourth-order valence-electron chi connectivity index (χ4n) is 1.44. The molecule has 120 valence electrons. The maximum Gasteiger partial charge on any atom is 0.229 e. The predicted octanol–water partition coefficient (Wildman–Crippen LogP) is 4.08. The summed E-state index contributed by atoms with van der Waals surface area (Å²) >= 11 is 17.8. The number of rotatable bonds is 8. The third kappa shape index (κ3) is 7.13. The molecule has 0 aromatic carbocycles. The van der Waals surface area contributed by atoms with E-state index in [1.807, 2.05) is 0 Å². The average Bonchev–Trinajstić information content (AvgIpc) is 2.41. The van der Waals surface area contributed by atoms with Gasteiger partial charge in [0.1, 0.15) is 10.8 Å². The zero-order valence-electron chi connectivity index (χ0n) is 12.2. The molecular weight excluding hydrogens is 345 g/mol. The molecule has 0 spiro atoms. The summed E-state index contributed by atoms with van der Waals surface area (Å²) in [6, 6.07) is 0. The molecule has 5 nitrogen and oxygen atoms in total. The van der Waals surface area contributed by atoms with Gasteiger partial charge in [-0.3, -0.25) is 0 Å². The predicted molar refractivity (Wildman–Crippen MR) is 95.5 cm³/mol. The molecule has 0 saturated heterocycles. The van der Waals surface area contributed by atoms with Gasteiger partial charge in [-0.1, -0.05) is 41.4 Å². The Morgan fingerprint density at radius 3 is 2.77 bits per heavy atom. The van der Waals surface area contributed by atoms with Crippen molar-refractivity contribution >= 4 is 46.6 Å². The van der Waals surface area contributed by atoms with E-state index < -0.39 is 0 Å². The van der Waals surface area contributed by atoms with Gasteiger partial charge < -0.3 is 16.4 Å². The van der Waals surface area contributed by atoms with Gasteiger partial charge in [-0.15, -0.1) is 0 Å². The first kappa shape index (κ1) is 18.8. The number of allylic oxidation sites excluding steroid dienone is 4. The van der Waals surface area contributed by atoms with E-state index in [4.69, 9.17) is 40.5 Å². The molecule has 0 fully saturated rings. The molecule has 0 aliphatic rings. The molecule has 0 aliphatic heterocycles. The Hall–Kier alpha value is -1.27. The van der Waals surface area contributed by atoms with Crippen LogP contribution in [0, 0.1) is 0 Å². The smallest absolute Gasteiger partial charge is 0.229 e. The third-order valence-corrected chi connectivity index (χ3v) is 2.94. The highest BCUT2D eigenvalue weighted by Gasteiger charge is 2.05. The molecule has 8 heteroatoms. The highest BCUT2D eigenvalue weighted by Crippen LogP contribution is 2.20. The van der Waals surface area contributed by atoms with Crippen LogP contribution in [0.5, 0.6) is 0 Å². The Morgan fingerprint density at radius 2 is 2.14 bits per heavy atom. The van der Waals surface area contributed by atoms with Crippen molar-refractivity contribution in [2.24, 2.45) is 5.73 Å². The fraction of sp³-hybridized carbons (Fsp3) is 0.286. The van der Waals surface area contributed by atoms with Crippen LogP contribution < -0.4 is 16.4 Å². The Bertz CT molecular complexity index is 580. The second kappa shape index (κ2) is 9.69. The van der Waals surface area contributed by atoms with Crippen molar-refractivity contribution in [3.8, 4) is 0 Å². The molecule has 0 bridgehead atoms. The normalized spacial score (nSPS) is 12.2. The average molecular weight is 363 g/mol. The number of nitrogens with zero attached hydrogens (tertiary/aromatic N) is 2. The molecular formula is C14H18Cl3N5. The van der Waals surface area contributed by atoms with Gasteiger partial charge in [-0.2, -0.15) is 4.98 Å². The third-order valence-electron chi connectivity index (χ3n) is 2.34. The van der Waals surface area contributed by atoms with Crippen molar-refractivity contribution in [1.82, 2.24) is 9.97 Å². The summed E-state index contributed by atoms with van der Waals surface area (Å²) in [6.45, 7) is 6.83. The minimum absolute atomic E-state index is 0.358. The van der Waals surface area contributed by atoms with Crippen molar-refractivity contribution in [3.63, 3.8) is 0 Å². The van der Waals surface area contributed by atoms with Gasteiger partial charge in [0, 0.05) is 22.3 Å². The lowest BCUT2D eigenvalue weighted by Gasteiger charge is -2.09. The van der Waals surface area contributed by atoms with E-state index in [9.17, 15) is 0 Å². The van der Waals surface area contributed by atoms with Crippen molar-refractivity contribution < 1.29 is 0 Å². The lowest BCUT2D eigenvalue weighted by atomic mass is 10.4. The highest BCUT2D eigenvalue weighted by atomic mass is 35.5. The zero-order chi connectivity index (χ0) is 16.5. The quantitative estimate of drug-likeness (QED) is 0.480. The molecule has 0 amide bonds. The molecule has 0 radical (unpaired) electrons. The van der Waals surface area contributed by atoms with Crippen LogP contribution >= 0.6 is 34.8 Å². The van der Waals surface area contributed by atoms with Crippen molar-refractivity contribution in [2.45, 2.75) is 13.3 Å². The second-order valence-corrected chi connectivity index (χ2v) is 5.81. The topological polar surface area (TPSA) is 75.9 Å². The van der Waals surface area contributed by atoms with Gasteiger partial charge in [0.2, 0.25) is 5.95 Å². The van der Waals surface area contributed by atoms with Crippen LogP contribution in [-0.4, -0.2) is 23.1 Å². The number of halogens is 3. The number of nitrogens with two attached hydrogens (primary N) is 1. The first-order valence-electron chi connectivity index (χ1n) is 6.55. The van der Waals surface area contributed by atoms with Gasteiger partial charge >= 0.3 is 0 Å². The summed E-state index contributed by atoms with van der Waals surface area (Å²) in [4.78, 5) is 8.35. The number of anilines is 2. The summed E-state index contributed by atoms with van der Waals surface area (Å²) in [5.74, 6) is 0.893. The van der Waals surface area contributed by atoms with Crippen LogP contribution in [0.1, 0.15) is 13.3 Å². The van der Waals surface area contributed by atoms with E-state index in [0.29, 0.717) is 45.6 Å². The van der Waals surface area contributed by atoms with Crippen molar-refractivity contribution in [3.05, 3.63) is 45.7 Å². The summed E-state index contributed by atoms with van der Waals surface area (Å²) in [5, 5.41) is 7.47. The standard InChI is InChI=1S/C14H18Cl3N5/c1-9(15)6-11(16)7-10(2)21-14-20-8-12(17)13(22-14)19-5-3-4-18/h6-8H,2-5,18H2,1H3,(H2,19,20,21,22)/b9-6+,11-7+.